The predicted molar refractivity (Wildman–Crippen MR) is 81.4 cm³/mol. The Labute approximate surface area is 122 Å². The number of benzene rings is 1. The summed E-state index contributed by atoms with van der Waals surface area (Å²) in [5.41, 5.74) is 10.6. The van der Waals surface area contributed by atoms with Gasteiger partial charge in [0, 0.05) is 6.54 Å². The highest BCUT2D eigenvalue weighted by molar-refractivity contribution is 6.32. The monoisotopic (exact) mass is 289 g/mol. The van der Waals surface area contributed by atoms with Crippen molar-refractivity contribution in [1.29, 1.82) is 0 Å². The van der Waals surface area contributed by atoms with Gasteiger partial charge in [0.05, 0.1) is 16.4 Å². The van der Waals surface area contributed by atoms with Crippen LogP contribution in [-0.4, -0.2) is 19.3 Å². The highest BCUT2D eigenvalue weighted by atomic mass is 35.5. The molecule has 2 heterocycles. The normalized spacial score (nSPS) is 11.4. The van der Waals surface area contributed by atoms with E-state index < -0.39 is 0 Å². The van der Waals surface area contributed by atoms with Crippen molar-refractivity contribution in [2.45, 2.75) is 27.3 Å². The number of fused-ring (bicyclic) bond motifs is 1. The van der Waals surface area contributed by atoms with Crippen LogP contribution in [0.2, 0.25) is 5.02 Å². The molecule has 3 aromatic rings. The first-order valence-electron chi connectivity index (χ1n) is 6.50. The van der Waals surface area contributed by atoms with E-state index in [-0.39, 0.29) is 0 Å². The van der Waals surface area contributed by atoms with Crippen LogP contribution < -0.4 is 5.73 Å². The molecule has 0 bridgehead atoms. The van der Waals surface area contributed by atoms with Crippen LogP contribution in [0.15, 0.2) is 18.2 Å². The minimum atomic E-state index is 0.426. The maximum atomic E-state index is 6.33. The zero-order valence-corrected chi connectivity index (χ0v) is 12.4. The molecule has 104 valence electrons. The number of nitrogen functional groups attached to an aromatic ring is 1. The van der Waals surface area contributed by atoms with Crippen molar-refractivity contribution in [1.82, 2.24) is 19.3 Å². The first-order chi connectivity index (χ1) is 9.52. The Morgan fingerprint density at radius 2 is 2.05 bits per heavy atom. The third-order valence-electron chi connectivity index (χ3n) is 3.38. The molecule has 0 amide bonds. The maximum absolute atomic E-state index is 6.33. The van der Waals surface area contributed by atoms with Crippen molar-refractivity contribution >= 4 is 28.7 Å². The third kappa shape index (κ3) is 1.78. The van der Waals surface area contributed by atoms with E-state index >= 15 is 0 Å². The first-order valence-corrected chi connectivity index (χ1v) is 6.88. The van der Waals surface area contributed by atoms with Crippen LogP contribution in [-0.2, 0) is 6.54 Å². The topological polar surface area (TPSA) is 61.7 Å². The largest absolute Gasteiger partial charge is 0.369 e. The van der Waals surface area contributed by atoms with Gasteiger partial charge in [0.15, 0.2) is 5.65 Å². The molecule has 0 saturated carbocycles. The second-order valence-electron chi connectivity index (χ2n) is 4.83. The molecule has 5 nitrogen and oxygen atoms in total. The van der Waals surface area contributed by atoms with Crippen molar-refractivity contribution in [2.24, 2.45) is 0 Å². The number of nitrogens with zero attached hydrogens (tertiary/aromatic N) is 4. The SMILES string of the molecule is CCn1nc(C)c2nc(N)n(-c3cc(C)ccc3Cl)c21. The van der Waals surface area contributed by atoms with Crippen LogP contribution in [0.3, 0.4) is 0 Å². The van der Waals surface area contributed by atoms with Crippen LogP contribution in [0.25, 0.3) is 16.9 Å². The van der Waals surface area contributed by atoms with E-state index in [0.717, 1.165) is 34.7 Å². The van der Waals surface area contributed by atoms with Crippen molar-refractivity contribution in [3.63, 3.8) is 0 Å². The Bertz CT molecular complexity index is 800. The van der Waals surface area contributed by atoms with Gasteiger partial charge < -0.3 is 5.73 Å². The van der Waals surface area contributed by atoms with Crippen molar-refractivity contribution in [3.05, 3.63) is 34.5 Å². The summed E-state index contributed by atoms with van der Waals surface area (Å²) >= 11 is 6.33. The minimum Gasteiger partial charge on any atom is -0.369 e. The van der Waals surface area contributed by atoms with Crippen LogP contribution >= 0.6 is 11.6 Å². The Morgan fingerprint density at radius 3 is 2.75 bits per heavy atom. The Balaban J connectivity index is 2.41. The maximum Gasteiger partial charge on any atom is 0.207 e. The van der Waals surface area contributed by atoms with Gasteiger partial charge in [-0.3, -0.25) is 4.57 Å². The van der Waals surface area contributed by atoms with Crippen molar-refractivity contribution in [2.75, 3.05) is 5.73 Å². The Hall–Kier alpha value is -2.01. The van der Waals surface area contributed by atoms with E-state index in [9.17, 15) is 0 Å². The van der Waals surface area contributed by atoms with E-state index in [0.29, 0.717) is 11.0 Å². The number of aryl methyl sites for hydroxylation is 3. The Morgan fingerprint density at radius 1 is 1.30 bits per heavy atom. The number of nitrogens with two attached hydrogens (primary N) is 1. The molecule has 0 spiro atoms. The number of hydrogen-bond donors (Lipinski definition) is 1. The zero-order chi connectivity index (χ0) is 14.4. The minimum absolute atomic E-state index is 0.426. The summed E-state index contributed by atoms with van der Waals surface area (Å²) in [7, 11) is 0. The molecule has 0 atom stereocenters. The second kappa shape index (κ2) is 4.52. The molecule has 6 heteroatoms. The van der Waals surface area contributed by atoms with Gasteiger partial charge in [-0.1, -0.05) is 17.7 Å². The lowest BCUT2D eigenvalue weighted by Gasteiger charge is -2.10. The average molecular weight is 290 g/mol. The van der Waals surface area contributed by atoms with Crippen molar-refractivity contribution in [3.8, 4) is 5.69 Å². The molecule has 0 aliphatic rings. The first kappa shape index (κ1) is 13.0. The number of hydrogen-bond acceptors (Lipinski definition) is 3. The summed E-state index contributed by atoms with van der Waals surface area (Å²) in [6.07, 6.45) is 0. The van der Waals surface area contributed by atoms with Crippen molar-refractivity contribution < 1.29 is 0 Å². The Kier molecular flexibility index (Phi) is 2.94. The van der Waals surface area contributed by atoms with Crippen LogP contribution in [0.4, 0.5) is 5.95 Å². The van der Waals surface area contributed by atoms with Gasteiger partial charge in [-0.15, -0.1) is 0 Å². The fourth-order valence-corrected chi connectivity index (χ4v) is 2.64. The molecule has 0 fully saturated rings. The van der Waals surface area contributed by atoms with E-state index in [2.05, 4.69) is 10.1 Å². The molecule has 0 aliphatic carbocycles. The lowest BCUT2D eigenvalue weighted by Crippen LogP contribution is -2.07. The lowest BCUT2D eigenvalue weighted by molar-refractivity contribution is 0.663. The summed E-state index contributed by atoms with van der Waals surface area (Å²) < 4.78 is 3.76. The summed E-state index contributed by atoms with van der Waals surface area (Å²) in [5, 5.41) is 5.12. The van der Waals surface area contributed by atoms with Crippen LogP contribution in [0, 0.1) is 13.8 Å². The molecule has 1 aromatic carbocycles. The molecule has 0 aliphatic heterocycles. The fourth-order valence-electron chi connectivity index (χ4n) is 2.44. The molecule has 3 rings (SSSR count). The molecular weight excluding hydrogens is 274 g/mol. The van der Waals surface area contributed by atoms with Crippen LogP contribution in [0.1, 0.15) is 18.2 Å². The van der Waals surface area contributed by atoms with Gasteiger partial charge in [0.25, 0.3) is 0 Å². The molecule has 20 heavy (non-hydrogen) atoms. The van der Waals surface area contributed by atoms with E-state index in [1.54, 1.807) is 0 Å². The molecule has 2 aromatic heterocycles. The highest BCUT2D eigenvalue weighted by Crippen LogP contribution is 2.30. The van der Waals surface area contributed by atoms with Gasteiger partial charge in [-0.25, -0.2) is 9.67 Å². The van der Waals surface area contributed by atoms with E-state index in [4.69, 9.17) is 17.3 Å². The standard InChI is InChI=1S/C14H16ClN5/c1-4-19-13-12(9(3)18-19)17-14(16)20(13)11-7-8(2)5-6-10(11)15/h5-7H,4H2,1-3H3,(H2,16,17). The number of rotatable bonds is 2. The van der Waals surface area contributed by atoms with Gasteiger partial charge in [0.2, 0.25) is 5.95 Å². The average Bonchev–Trinajstić information content (AvgIpc) is 2.90. The molecule has 0 radical (unpaired) electrons. The highest BCUT2D eigenvalue weighted by Gasteiger charge is 2.19. The molecule has 0 unspecified atom stereocenters. The number of anilines is 1. The van der Waals surface area contributed by atoms with E-state index in [1.165, 1.54) is 0 Å². The molecule has 0 saturated heterocycles. The quantitative estimate of drug-likeness (QED) is 0.788. The van der Waals surface area contributed by atoms with Gasteiger partial charge in [-0.05, 0) is 38.5 Å². The smallest absolute Gasteiger partial charge is 0.207 e. The van der Waals surface area contributed by atoms with Crippen LogP contribution in [0.5, 0.6) is 0 Å². The van der Waals surface area contributed by atoms with Gasteiger partial charge in [-0.2, -0.15) is 5.10 Å². The zero-order valence-electron chi connectivity index (χ0n) is 11.7. The second-order valence-corrected chi connectivity index (χ2v) is 5.24. The van der Waals surface area contributed by atoms with E-state index in [1.807, 2.05) is 48.2 Å². The predicted octanol–water partition coefficient (Wildman–Crippen LogP) is 3.09. The fraction of sp³-hybridized carbons (Fsp3) is 0.286. The van der Waals surface area contributed by atoms with Gasteiger partial charge in [0.1, 0.15) is 5.52 Å². The summed E-state index contributed by atoms with van der Waals surface area (Å²) in [5.74, 6) is 0.426. The molecular formula is C14H16ClN5. The summed E-state index contributed by atoms with van der Waals surface area (Å²) in [6.45, 7) is 6.74. The number of halogens is 1. The summed E-state index contributed by atoms with van der Waals surface area (Å²) in [4.78, 5) is 4.43. The lowest BCUT2D eigenvalue weighted by atomic mass is 10.2. The third-order valence-corrected chi connectivity index (χ3v) is 3.70. The summed E-state index contributed by atoms with van der Waals surface area (Å²) in [6, 6.07) is 5.84. The van der Waals surface area contributed by atoms with Gasteiger partial charge >= 0.3 is 0 Å². The number of imidazole rings is 1. The molecule has 2 N–H and O–H groups in total. The number of aromatic nitrogens is 4.